The number of allylic oxidation sites excluding steroid dienone is 2. The molecular formula is C44H60N4O12. The number of rotatable bonds is 6. The quantitative estimate of drug-likeness (QED) is 0.0502. The summed E-state index contributed by atoms with van der Waals surface area (Å²) in [4.78, 5) is 42.4. The predicted octanol–water partition coefficient (Wildman–Crippen LogP) is 5.85. The van der Waals surface area contributed by atoms with E-state index in [1.165, 1.54) is 53.2 Å². The molecule has 9 unspecified atom stereocenters. The number of ketones is 1. The maximum atomic E-state index is 14.4. The number of phenolic OH excluding ortho intramolecular Hbond substituents is 3. The van der Waals surface area contributed by atoms with Gasteiger partial charge >= 0.3 is 11.8 Å². The van der Waals surface area contributed by atoms with Crippen molar-refractivity contribution >= 4 is 46.2 Å². The van der Waals surface area contributed by atoms with Gasteiger partial charge in [0.1, 0.15) is 29.2 Å². The molecule has 5 rings (SSSR count). The lowest BCUT2D eigenvalue weighted by atomic mass is 9.78. The molecule has 60 heavy (non-hydrogen) atoms. The van der Waals surface area contributed by atoms with Crippen LogP contribution in [0.25, 0.3) is 10.8 Å². The monoisotopic (exact) mass is 836 g/mol. The largest absolute Gasteiger partial charge is 0.507 e. The van der Waals surface area contributed by atoms with Crippen LogP contribution in [-0.2, 0) is 23.8 Å². The second-order valence-electron chi connectivity index (χ2n) is 15.7. The van der Waals surface area contributed by atoms with E-state index in [4.69, 9.17) is 18.9 Å². The van der Waals surface area contributed by atoms with Crippen molar-refractivity contribution in [1.29, 1.82) is 0 Å². The molecule has 3 aliphatic heterocycles. The number of aliphatic hydroxyl groups is 2. The van der Waals surface area contributed by atoms with Crippen molar-refractivity contribution in [2.75, 3.05) is 25.5 Å². The van der Waals surface area contributed by atoms with Gasteiger partial charge in [-0.2, -0.15) is 5.10 Å². The summed E-state index contributed by atoms with van der Waals surface area (Å²) in [6.07, 6.45) is 4.58. The van der Waals surface area contributed by atoms with Crippen molar-refractivity contribution in [3.63, 3.8) is 0 Å². The predicted molar refractivity (Wildman–Crippen MR) is 227 cm³/mol. The number of aliphatic hydroxyl groups excluding tert-OH is 2. The summed E-state index contributed by atoms with van der Waals surface area (Å²) in [5.74, 6) is -8.09. The molecule has 0 radical (unpaired) electrons. The van der Waals surface area contributed by atoms with Gasteiger partial charge in [-0.05, 0) is 40.7 Å². The van der Waals surface area contributed by atoms with Gasteiger partial charge in [-0.15, -0.1) is 5.10 Å². The number of ether oxygens (including phenoxy) is 4. The average Bonchev–Trinajstić information content (AvgIpc) is 3.47. The summed E-state index contributed by atoms with van der Waals surface area (Å²) in [7, 11) is 1.43. The number of benzene rings is 2. The Hall–Kier alpha value is -5.45. The molecule has 6 N–H and O–H groups in total. The van der Waals surface area contributed by atoms with E-state index in [0.29, 0.717) is 18.9 Å². The van der Waals surface area contributed by atoms with Crippen LogP contribution in [-0.4, -0.2) is 111 Å². The molecule has 2 aromatic carbocycles. The summed E-state index contributed by atoms with van der Waals surface area (Å²) in [6.45, 7) is 19.4. The third-order valence-corrected chi connectivity index (χ3v) is 11.6. The normalized spacial score (nSPS) is 28.2. The molecule has 5 bridgehead atoms. The van der Waals surface area contributed by atoms with Crippen LogP contribution in [0.3, 0.4) is 0 Å². The number of hydrogen-bond donors (Lipinski definition) is 6. The number of hydrogen-bond acceptors (Lipinski definition) is 14. The average molecular weight is 837 g/mol. The lowest BCUT2D eigenvalue weighted by Crippen LogP contribution is -2.46. The molecule has 0 saturated carbocycles. The fraction of sp³-hybridized carbons (Fsp3) is 0.523. The lowest BCUT2D eigenvalue weighted by molar-refractivity contribution is -0.160. The number of anilines is 1. The number of carbonyl (C=O) groups is 3. The fourth-order valence-corrected chi connectivity index (χ4v) is 7.79. The summed E-state index contributed by atoms with van der Waals surface area (Å²) in [5.41, 5.74) is -0.591. The zero-order chi connectivity index (χ0) is 45.0. The number of nitrogens with zero attached hydrogens (tertiary/aromatic N) is 3. The van der Waals surface area contributed by atoms with Crippen LogP contribution < -0.4 is 10.1 Å². The van der Waals surface area contributed by atoms with Gasteiger partial charge in [0.05, 0.1) is 53.0 Å². The van der Waals surface area contributed by atoms with Gasteiger partial charge in [0.15, 0.2) is 5.75 Å². The number of methoxy groups -OCH3 is 1. The standard InChI is InChI=1S/C44H60N4O12/c1-13-48(14-2)27(9)47-45-20-29-34-39(54)32-31(38(29)53)33-41(26(8)37(32)52)60-44(11,42(33)55)58-19-18-30(57-12)23(5)40(59-28(10)49)25(7)36(51)24(6)35(50)21(3)16-15-17-22(4)43(56)46-34/h15-21,23-25,30,35-36,40,50-54H,13-14H2,1-12H3,(H,46,56). The van der Waals surface area contributed by atoms with Crippen molar-refractivity contribution in [2.24, 2.45) is 33.9 Å². The van der Waals surface area contributed by atoms with E-state index in [-0.39, 0.29) is 44.5 Å². The Morgan fingerprint density at radius 2 is 1.60 bits per heavy atom. The molecule has 3 aliphatic rings. The van der Waals surface area contributed by atoms with Gasteiger partial charge in [0, 0.05) is 74.2 Å². The number of aromatic hydroxyl groups is 3. The van der Waals surface area contributed by atoms with Crippen LogP contribution >= 0.6 is 0 Å². The Morgan fingerprint density at radius 1 is 0.950 bits per heavy atom. The van der Waals surface area contributed by atoms with Crippen LogP contribution in [0.1, 0.15) is 90.7 Å². The molecule has 9 atom stereocenters. The minimum Gasteiger partial charge on any atom is -0.507 e. The highest BCUT2D eigenvalue weighted by Gasteiger charge is 2.50. The van der Waals surface area contributed by atoms with Crippen LogP contribution in [0.5, 0.6) is 23.0 Å². The maximum Gasteiger partial charge on any atom is 0.312 e. The molecule has 1 amide bonds. The van der Waals surface area contributed by atoms with Gasteiger partial charge in [-0.1, -0.05) is 45.9 Å². The summed E-state index contributed by atoms with van der Waals surface area (Å²) < 4.78 is 23.6. The first-order chi connectivity index (χ1) is 28.2. The topological polar surface area (TPSA) is 229 Å². The molecule has 328 valence electrons. The van der Waals surface area contributed by atoms with Crippen LogP contribution in [0.2, 0.25) is 0 Å². The minimum absolute atomic E-state index is 0.0347. The molecule has 0 aromatic heterocycles. The highest BCUT2D eigenvalue weighted by Crippen LogP contribution is 2.55. The van der Waals surface area contributed by atoms with Crippen molar-refractivity contribution < 1.29 is 58.9 Å². The highest BCUT2D eigenvalue weighted by molar-refractivity contribution is 6.23. The zero-order valence-electron chi connectivity index (χ0n) is 36.4. The summed E-state index contributed by atoms with van der Waals surface area (Å²) in [6, 6.07) is 0. The maximum absolute atomic E-state index is 14.4. The lowest BCUT2D eigenvalue weighted by Gasteiger charge is -2.38. The first-order valence-electron chi connectivity index (χ1n) is 20.1. The fourth-order valence-electron chi connectivity index (χ4n) is 7.79. The zero-order valence-corrected chi connectivity index (χ0v) is 36.4. The molecule has 16 heteroatoms. The van der Waals surface area contributed by atoms with Gasteiger partial charge < -0.3 is 54.7 Å². The van der Waals surface area contributed by atoms with E-state index < -0.39 is 88.8 Å². The number of nitrogens with one attached hydrogen (secondary N) is 1. The van der Waals surface area contributed by atoms with Crippen LogP contribution in [0, 0.1) is 30.6 Å². The number of amidine groups is 1. The molecule has 16 nitrogen and oxygen atoms in total. The number of Topliss-reactive ketones (excluding diaryl/α,β-unsaturated/α-hetero) is 1. The van der Waals surface area contributed by atoms with Crippen molar-refractivity contribution in [3.05, 3.63) is 52.8 Å². The third-order valence-electron chi connectivity index (χ3n) is 11.6. The number of carbonyl (C=O) groups excluding carboxylic acids is 3. The van der Waals surface area contributed by atoms with Crippen molar-refractivity contribution in [1.82, 2.24) is 4.90 Å². The number of fused-ring (bicyclic) bond motifs is 14. The Kier molecular flexibility index (Phi) is 15.2. The molecule has 0 spiro atoms. The van der Waals surface area contributed by atoms with E-state index in [1.54, 1.807) is 46.8 Å². The Bertz CT molecular complexity index is 2120. The molecule has 0 aliphatic carbocycles. The van der Waals surface area contributed by atoms with E-state index in [2.05, 4.69) is 15.5 Å². The Balaban J connectivity index is 2.00. The van der Waals surface area contributed by atoms with Gasteiger partial charge in [-0.3, -0.25) is 14.4 Å². The second kappa shape index (κ2) is 19.3. The SMILES string of the molecule is CCN(CC)C(C)=NN=Cc1c2c(O)c3c(O)c(C)c4c(c3c1O)C(=O)C(C)(OC=CC(OC)C(C)C(OC(C)=O)C(C)C(O)C(C)C(O)C(C)C=CC=C(C)C(=O)N2)O4. The summed E-state index contributed by atoms with van der Waals surface area (Å²) in [5, 5.41) is 68.7. The Labute approximate surface area is 350 Å². The molecule has 0 saturated heterocycles. The van der Waals surface area contributed by atoms with Crippen molar-refractivity contribution in [2.45, 2.75) is 106 Å². The van der Waals surface area contributed by atoms with Crippen LogP contribution in [0.4, 0.5) is 5.69 Å². The van der Waals surface area contributed by atoms with E-state index >= 15 is 0 Å². The summed E-state index contributed by atoms with van der Waals surface area (Å²) >= 11 is 0. The van der Waals surface area contributed by atoms with Gasteiger partial charge in [0.2, 0.25) is 0 Å². The van der Waals surface area contributed by atoms with Crippen molar-refractivity contribution in [3.8, 4) is 23.0 Å². The van der Waals surface area contributed by atoms with Crippen LogP contribution in [0.15, 0.2) is 46.3 Å². The van der Waals surface area contributed by atoms with E-state index in [1.807, 2.05) is 18.7 Å². The highest BCUT2D eigenvalue weighted by atomic mass is 16.7. The smallest absolute Gasteiger partial charge is 0.312 e. The van der Waals surface area contributed by atoms with E-state index in [9.17, 15) is 39.9 Å². The number of phenols is 3. The Morgan fingerprint density at radius 3 is 2.20 bits per heavy atom. The molecule has 2 aromatic rings. The first kappa shape index (κ1) is 47.2. The molecule has 3 heterocycles. The number of amides is 1. The van der Waals surface area contributed by atoms with E-state index in [0.717, 1.165) is 6.21 Å². The third kappa shape index (κ3) is 9.30. The minimum atomic E-state index is -2.07. The number of esters is 1. The van der Waals surface area contributed by atoms with Gasteiger partial charge in [0.25, 0.3) is 11.7 Å². The van der Waals surface area contributed by atoms with Gasteiger partial charge in [-0.25, -0.2) is 0 Å². The molecular weight excluding hydrogens is 776 g/mol. The molecule has 0 fully saturated rings. The first-order valence-corrected chi connectivity index (χ1v) is 20.1. The second-order valence-corrected chi connectivity index (χ2v) is 15.7.